The number of rotatable bonds is 4. The van der Waals surface area contributed by atoms with E-state index in [1.165, 1.54) is 4.68 Å². The van der Waals surface area contributed by atoms with E-state index >= 15 is 0 Å². The molecule has 2 aromatic rings. The molecule has 0 atom stereocenters. The smallest absolute Gasteiger partial charge is 0.354 e. The highest BCUT2D eigenvalue weighted by atomic mass is 16.5. The molecule has 1 aliphatic rings. The number of fused-ring (bicyclic) bond motifs is 1. The summed E-state index contributed by atoms with van der Waals surface area (Å²) in [4.78, 5) is 11.3. The molecule has 1 aliphatic heterocycles. The molecule has 0 saturated carbocycles. The molecule has 0 saturated heterocycles. The largest absolute Gasteiger partial charge is 0.490 e. The molecule has 2 heterocycles. The number of carboxylic acid groups (broad SMARTS) is 1. The van der Waals surface area contributed by atoms with Crippen molar-refractivity contribution in [3.8, 4) is 22.8 Å². The number of nitrogens with zero attached hydrogens (tertiary/aromatic N) is 2. The highest BCUT2D eigenvalue weighted by Crippen LogP contribution is 2.34. The number of carboxylic acids is 1. The molecule has 1 aromatic carbocycles. The summed E-state index contributed by atoms with van der Waals surface area (Å²) in [5.74, 6) is 0.422. The Balaban J connectivity index is 1.98. The summed E-state index contributed by atoms with van der Waals surface area (Å²) < 4.78 is 12.8. The summed E-state index contributed by atoms with van der Waals surface area (Å²) in [7, 11) is 0. The van der Waals surface area contributed by atoms with Crippen molar-refractivity contribution in [2.75, 3.05) is 13.2 Å². The molecule has 0 fully saturated rings. The molecule has 0 bridgehead atoms. The van der Waals surface area contributed by atoms with Gasteiger partial charge in [-0.05, 0) is 30.7 Å². The minimum absolute atomic E-state index is 0.198. The first-order chi connectivity index (χ1) is 10.7. The molecule has 1 N–H and O–H groups in total. The number of hydrogen-bond donors (Lipinski definition) is 1. The molecule has 0 unspecified atom stereocenters. The van der Waals surface area contributed by atoms with Crippen LogP contribution in [0.15, 0.2) is 24.3 Å². The second kappa shape index (κ2) is 6.09. The lowest BCUT2D eigenvalue weighted by Gasteiger charge is -2.08. The van der Waals surface area contributed by atoms with Gasteiger partial charge in [-0.3, -0.25) is 4.68 Å². The van der Waals surface area contributed by atoms with Gasteiger partial charge in [0.05, 0.1) is 18.9 Å². The van der Waals surface area contributed by atoms with Gasteiger partial charge < -0.3 is 14.6 Å². The zero-order valence-corrected chi connectivity index (χ0v) is 12.4. The predicted molar refractivity (Wildman–Crippen MR) is 80.5 cm³/mol. The van der Waals surface area contributed by atoms with Crippen LogP contribution in [0.5, 0.6) is 11.5 Å². The number of ether oxygens (including phenoxy) is 2. The summed E-state index contributed by atoms with van der Waals surface area (Å²) in [6, 6.07) is 7.16. The van der Waals surface area contributed by atoms with Gasteiger partial charge in [-0.2, -0.15) is 5.10 Å². The van der Waals surface area contributed by atoms with Gasteiger partial charge in [0, 0.05) is 18.5 Å². The third-order valence-electron chi connectivity index (χ3n) is 3.48. The second-order valence-electron chi connectivity index (χ2n) is 5.16. The molecule has 0 amide bonds. The normalized spacial score (nSPS) is 13.7. The van der Waals surface area contributed by atoms with E-state index in [0.29, 0.717) is 37.0 Å². The first-order valence-corrected chi connectivity index (χ1v) is 7.40. The van der Waals surface area contributed by atoms with E-state index in [1.807, 2.05) is 25.1 Å². The van der Waals surface area contributed by atoms with Crippen LogP contribution in [0.1, 0.15) is 30.3 Å². The molecule has 3 rings (SSSR count). The molecule has 6 nitrogen and oxygen atoms in total. The van der Waals surface area contributed by atoms with E-state index in [2.05, 4.69) is 5.10 Å². The number of hydrogen-bond acceptors (Lipinski definition) is 4. The van der Waals surface area contributed by atoms with Crippen LogP contribution in [0.25, 0.3) is 11.3 Å². The van der Waals surface area contributed by atoms with Crippen molar-refractivity contribution in [1.29, 1.82) is 0 Å². The van der Waals surface area contributed by atoms with Gasteiger partial charge in [0.2, 0.25) is 0 Å². The molecule has 0 aliphatic carbocycles. The van der Waals surface area contributed by atoms with Crippen molar-refractivity contribution in [1.82, 2.24) is 9.78 Å². The van der Waals surface area contributed by atoms with Crippen LogP contribution in [0, 0.1) is 0 Å². The van der Waals surface area contributed by atoms with Gasteiger partial charge >= 0.3 is 5.97 Å². The number of benzene rings is 1. The van der Waals surface area contributed by atoms with E-state index in [0.717, 1.165) is 18.4 Å². The number of carbonyl (C=O) groups is 1. The zero-order chi connectivity index (χ0) is 15.5. The maximum absolute atomic E-state index is 11.3. The Labute approximate surface area is 128 Å². The Morgan fingerprint density at radius 1 is 1.27 bits per heavy atom. The van der Waals surface area contributed by atoms with Crippen molar-refractivity contribution in [2.24, 2.45) is 0 Å². The Kier molecular flexibility index (Phi) is 4.00. The van der Waals surface area contributed by atoms with Crippen LogP contribution in [0.3, 0.4) is 0 Å². The molecule has 22 heavy (non-hydrogen) atoms. The van der Waals surface area contributed by atoms with Gasteiger partial charge in [0.1, 0.15) is 5.69 Å². The van der Waals surface area contributed by atoms with E-state index in [1.54, 1.807) is 6.07 Å². The number of aromatic carboxylic acids is 1. The molecule has 1 aromatic heterocycles. The average Bonchev–Trinajstić information content (AvgIpc) is 2.78. The SMILES string of the molecule is CCCn1nc(-c2ccc3c(c2)OCCCO3)cc1C(=O)O. The first-order valence-electron chi connectivity index (χ1n) is 7.40. The van der Waals surface area contributed by atoms with Crippen molar-refractivity contribution in [2.45, 2.75) is 26.3 Å². The monoisotopic (exact) mass is 302 g/mol. The summed E-state index contributed by atoms with van der Waals surface area (Å²) >= 11 is 0. The van der Waals surface area contributed by atoms with Crippen molar-refractivity contribution in [3.63, 3.8) is 0 Å². The Bertz CT molecular complexity index is 693. The zero-order valence-electron chi connectivity index (χ0n) is 12.4. The minimum Gasteiger partial charge on any atom is -0.490 e. The van der Waals surface area contributed by atoms with Crippen molar-refractivity contribution < 1.29 is 19.4 Å². The number of aryl methyl sites for hydroxylation is 1. The first kappa shape index (κ1) is 14.4. The topological polar surface area (TPSA) is 73.6 Å². The maximum Gasteiger partial charge on any atom is 0.354 e. The van der Waals surface area contributed by atoms with Crippen LogP contribution in [-0.4, -0.2) is 34.1 Å². The predicted octanol–water partition coefficient (Wildman–Crippen LogP) is 2.82. The summed E-state index contributed by atoms with van der Waals surface area (Å²) in [6.07, 6.45) is 1.67. The van der Waals surface area contributed by atoms with E-state index in [-0.39, 0.29) is 5.69 Å². The lowest BCUT2D eigenvalue weighted by molar-refractivity contribution is 0.0683. The third kappa shape index (κ3) is 2.77. The fourth-order valence-electron chi connectivity index (χ4n) is 2.43. The summed E-state index contributed by atoms with van der Waals surface area (Å²) in [5.41, 5.74) is 1.65. The second-order valence-corrected chi connectivity index (χ2v) is 5.16. The van der Waals surface area contributed by atoms with Crippen molar-refractivity contribution >= 4 is 5.97 Å². The van der Waals surface area contributed by atoms with E-state index < -0.39 is 5.97 Å². The molecule has 6 heteroatoms. The quantitative estimate of drug-likeness (QED) is 0.940. The van der Waals surface area contributed by atoms with E-state index in [4.69, 9.17) is 9.47 Å². The molecule has 116 valence electrons. The van der Waals surface area contributed by atoms with Crippen LogP contribution < -0.4 is 9.47 Å². The molecular weight excluding hydrogens is 284 g/mol. The Hall–Kier alpha value is -2.50. The number of aromatic nitrogens is 2. The lowest BCUT2D eigenvalue weighted by Crippen LogP contribution is -2.09. The van der Waals surface area contributed by atoms with Gasteiger partial charge in [-0.25, -0.2) is 4.79 Å². The molecule has 0 spiro atoms. The van der Waals surface area contributed by atoms with Crippen LogP contribution in [0.4, 0.5) is 0 Å². The van der Waals surface area contributed by atoms with Crippen LogP contribution >= 0.6 is 0 Å². The summed E-state index contributed by atoms with van der Waals surface area (Å²) in [5, 5.41) is 13.7. The van der Waals surface area contributed by atoms with Crippen LogP contribution in [0.2, 0.25) is 0 Å². The standard InChI is InChI=1S/C16H18N2O4/c1-2-6-18-13(16(19)20)10-12(17-18)11-4-5-14-15(9-11)22-8-3-7-21-14/h4-5,9-10H,2-3,6-8H2,1H3,(H,19,20). The Morgan fingerprint density at radius 2 is 2.05 bits per heavy atom. The van der Waals surface area contributed by atoms with Gasteiger partial charge in [-0.1, -0.05) is 6.92 Å². The average molecular weight is 302 g/mol. The maximum atomic E-state index is 11.3. The van der Waals surface area contributed by atoms with Gasteiger partial charge in [-0.15, -0.1) is 0 Å². The summed E-state index contributed by atoms with van der Waals surface area (Å²) in [6.45, 7) is 3.81. The molecular formula is C16H18N2O4. The fourth-order valence-corrected chi connectivity index (χ4v) is 2.43. The lowest BCUT2D eigenvalue weighted by atomic mass is 10.1. The van der Waals surface area contributed by atoms with Gasteiger partial charge in [0.15, 0.2) is 11.5 Å². The molecule has 0 radical (unpaired) electrons. The Morgan fingerprint density at radius 3 is 2.77 bits per heavy atom. The highest BCUT2D eigenvalue weighted by Gasteiger charge is 2.17. The third-order valence-corrected chi connectivity index (χ3v) is 3.48. The highest BCUT2D eigenvalue weighted by molar-refractivity contribution is 5.87. The van der Waals surface area contributed by atoms with Crippen LogP contribution in [-0.2, 0) is 6.54 Å². The van der Waals surface area contributed by atoms with Gasteiger partial charge in [0.25, 0.3) is 0 Å². The minimum atomic E-state index is -0.971. The van der Waals surface area contributed by atoms with Crippen molar-refractivity contribution in [3.05, 3.63) is 30.0 Å². The fraction of sp³-hybridized carbons (Fsp3) is 0.375. The van der Waals surface area contributed by atoms with E-state index in [9.17, 15) is 9.90 Å².